The van der Waals surface area contributed by atoms with Crippen molar-refractivity contribution >= 4 is 33.4 Å². The summed E-state index contributed by atoms with van der Waals surface area (Å²) < 4.78 is 0. The molecule has 0 aromatic rings. The zero-order valence-corrected chi connectivity index (χ0v) is 6.55. The minimum atomic E-state index is 0.261. The molecule has 0 amide bonds. The van der Waals surface area contributed by atoms with Crippen molar-refractivity contribution in [2.75, 3.05) is 5.88 Å². The van der Waals surface area contributed by atoms with Gasteiger partial charge >= 0.3 is 0 Å². The first-order chi connectivity index (χ1) is 2.27. The second-order valence-electron chi connectivity index (χ2n) is 0.935. The Labute approximate surface area is 44.9 Å². The van der Waals surface area contributed by atoms with Crippen molar-refractivity contribution in [3.8, 4) is 0 Å². The Hall–Kier alpha value is 0.797. The van der Waals surface area contributed by atoms with E-state index in [-0.39, 0.29) is 5.00 Å². The third kappa shape index (κ3) is 4.80. The molecule has 0 spiro atoms. The Morgan fingerprint density at radius 2 is 2.00 bits per heavy atom. The molecule has 1 atom stereocenters. The van der Waals surface area contributed by atoms with Crippen molar-refractivity contribution in [3.63, 3.8) is 0 Å². The van der Waals surface area contributed by atoms with Gasteiger partial charge in [0.1, 0.15) is 0 Å². The predicted octanol–water partition coefficient (Wildman–Crippen LogP) is 0.155. The van der Waals surface area contributed by atoms with E-state index < -0.39 is 0 Å². The third-order valence-corrected chi connectivity index (χ3v) is 1.91. The molecule has 0 aliphatic rings. The minimum absolute atomic E-state index is 0.261. The van der Waals surface area contributed by atoms with Crippen molar-refractivity contribution in [2.45, 2.75) is 5.00 Å². The standard InChI is InChI=1S/C2H6Cl2Si/c3-1-2(4)5/h2H,1H2,5H3. The molecule has 0 N–H and O–H groups in total. The Morgan fingerprint density at radius 3 is 2.00 bits per heavy atom. The van der Waals surface area contributed by atoms with Crippen molar-refractivity contribution in [1.82, 2.24) is 0 Å². The second-order valence-corrected chi connectivity index (χ2v) is 4.11. The van der Waals surface area contributed by atoms with E-state index in [0.717, 1.165) is 10.2 Å². The van der Waals surface area contributed by atoms with Crippen LogP contribution in [-0.4, -0.2) is 21.1 Å². The normalized spacial score (nSPS) is 15.6. The smallest absolute Gasteiger partial charge is 0.0351 e. The van der Waals surface area contributed by atoms with Crippen LogP contribution in [0.5, 0.6) is 0 Å². The molecule has 0 radical (unpaired) electrons. The first kappa shape index (κ1) is 5.80. The van der Waals surface area contributed by atoms with Crippen molar-refractivity contribution in [1.29, 1.82) is 0 Å². The summed E-state index contributed by atoms with van der Waals surface area (Å²) in [7, 11) is 1.00. The van der Waals surface area contributed by atoms with E-state index in [0.29, 0.717) is 5.88 Å². The van der Waals surface area contributed by atoms with Gasteiger partial charge in [-0.1, -0.05) is 0 Å². The van der Waals surface area contributed by atoms with Gasteiger partial charge in [-0.2, -0.15) is 0 Å². The summed E-state index contributed by atoms with van der Waals surface area (Å²) in [4.78, 5) is 0. The van der Waals surface area contributed by atoms with Crippen LogP contribution >= 0.6 is 23.2 Å². The molecular formula is C2H6Cl2Si. The lowest BCUT2D eigenvalue weighted by atomic mass is 10.9. The van der Waals surface area contributed by atoms with E-state index in [9.17, 15) is 0 Å². The van der Waals surface area contributed by atoms with Crippen LogP contribution in [-0.2, 0) is 0 Å². The maximum atomic E-state index is 5.39. The van der Waals surface area contributed by atoms with Crippen LogP contribution in [0.15, 0.2) is 0 Å². The predicted molar refractivity (Wildman–Crippen MR) is 30.3 cm³/mol. The Morgan fingerprint density at radius 1 is 1.80 bits per heavy atom. The van der Waals surface area contributed by atoms with Gasteiger partial charge in [-0.25, -0.2) is 0 Å². The highest BCUT2D eigenvalue weighted by atomic mass is 35.5. The summed E-state index contributed by atoms with van der Waals surface area (Å²) in [5, 5.41) is 0.261. The summed E-state index contributed by atoms with van der Waals surface area (Å²) in [6.07, 6.45) is 0. The molecule has 0 aliphatic carbocycles. The lowest BCUT2D eigenvalue weighted by molar-refractivity contribution is 1.40. The summed E-state index contributed by atoms with van der Waals surface area (Å²) in [6, 6.07) is 0. The third-order valence-electron chi connectivity index (χ3n) is 0.213. The van der Waals surface area contributed by atoms with Crippen LogP contribution in [0.25, 0.3) is 0 Å². The second kappa shape index (κ2) is 3.01. The molecule has 1 unspecified atom stereocenters. The monoisotopic (exact) mass is 128 g/mol. The van der Waals surface area contributed by atoms with Gasteiger partial charge < -0.3 is 0 Å². The number of rotatable bonds is 1. The Balaban J connectivity index is 2.54. The molecule has 32 valence electrons. The number of hydrogen-bond acceptors (Lipinski definition) is 0. The SMILES string of the molecule is [SiH3]C(Cl)CCl. The molecule has 5 heavy (non-hydrogen) atoms. The van der Waals surface area contributed by atoms with Gasteiger partial charge in [-0.15, -0.1) is 23.2 Å². The van der Waals surface area contributed by atoms with Crippen LogP contribution in [0.3, 0.4) is 0 Å². The highest BCUT2D eigenvalue weighted by Crippen LogP contribution is 1.88. The molecule has 0 aromatic carbocycles. The largest absolute Gasteiger partial charge is 0.126 e. The quantitative estimate of drug-likeness (QED) is 0.349. The number of alkyl halides is 2. The van der Waals surface area contributed by atoms with Crippen molar-refractivity contribution in [2.24, 2.45) is 0 Å². The van der Waals surface area contributed by atoms with E-state index in [1.165, 1.54) is 0 Å². The van der Waals surface area contributed by atoms with Crippen LogP contribution < -0.4 is 0 Å². The van der Waals surface area contributed by atoms with Gasteiger partial charge in [0.05, 0.1) is 0 Å². The molecule has 0 heterocycles. The minimum Gasteiger partial charge on any atom is -0.126 e. The summed E-state index contributed by atoms with van der Waals surface area (Å²) in [6.45, 7) is 0. The molecular weight excluding hydrogens is 123 g/mol. The fraction of sp³-hybridized carbons (Fsp3) is 1.00. The zero-order valence-electron chi connectivity index (χ0n) is 3.04. The van der Waals surface area contributed by atoms with E-state index in [4.69, 9.17) is 23.2 Å². The van der Waals surface area contributed by atoms with Gasteiger partial charge in [0.25, 0.3) is 0 Å². The van der Waals surface area contributed by atoms with Gasteiger partial charge in [0.2, 0.25) is 0 Å². The maximum absolute atomic E-state index is 5.39. The molecule has 0 rings (SSSR count). The number of halogens is 2. The van der Waals surface area contributed by atoms with Gasteiger partial charge in [0, 0.05) is 21.1 Å². The van der Waals surface area contributed by atoms with Crippen LogP contribution in [0.1, 0.15) is 0 Å². The molecule has 3 heteroatoms. The van der Waals surface area contributed by atoms with E-state index >= 15 is 0 Å². The first-order valence-corrected chi connectivity index (χ1v) is 3.60. The van der Waals surface area contributed by atoms with Gasteiger partial charge in [-0.05, 0) is 0 Å². The van der Waals surface area contributed by atoms with Gasteiger partial charge in [0.15, 0.2) is 0 Å². The zero-order chi connectivity index (χ0) is 4.28. The molecule has 0 aromatic heterocycles. The van der Waals surface area contributed by atoms with E-state index in [1.54, 1.807) is 0 Å². The van der Waals surface area contributed by atoms with Gasteiger partial charge in [-0.3, -0.25) is 0 Å². The maximum Gasteiger partial charge on any atom is 0.0351 e. The first-order valence-electron chi connectivity index (χ1n) is 1.47. The Bertz CT molecular complexity index is 21.6. The molecule has 0 nitrogen and oxygen atoms in total. The molecule has 0 aliphatic heterocycles. The van der Waals surface area contributed by atoms with E-state index in [1.807, 2.05) is 0 Å². The van der Waals surface area contributed by atoms with Crippen LogP contribution in [0.4, 0.5) is 0 Å². The molecule has 0 saturated heterocycles. The average Bonchev–Trinajstić information content (AvgIpc) is 1.38. The summed E-state index contributed by atoms with van der Waals surface area (Å²) >= 11 is 10.6. The topological polar surface area (TPSA) is 0 Å². The molecule has 0 bridgehead atoms. The summed E-state index contributed by atoms with van der Waals surface area (Å²) in [5.74, 6) is 0.605. The highest BCUT2D eigenvalue weighted by molar-refractivity contribution is 6.44. The molecule has 0 fully saturated rings. The van der Waals surface area contributed by atoms with E-state index in [2.05, 4.69) is 0 Å². The fourth-order valence-corrected chi connectivity index (χ4v) is 0. The number of hydrogen-bond donors (Lipinski definition) is 0. The lowest BCUT2D eigenvalue weighted by Gasteiger charge is -1.85. The van der Waals surface area contributed by atoms with Crippen molar-refractivity contribution in [3.05, 3.63) is 0 Å². The van der Waals surface area contributed by atoms with Crippen molar-refractivity contribution < 1.29 is 0 Å². The highest BCUT2D eigenvalue weighted by Gasteiger charge is 1.85. The fourth-order valence-electron chi connectivity index (χ4n) is 0. The lowest BCUT2D eigenvalue weighted by Crippen LogP contribution is -1.95. The van der Waals surface area contributed by atoms with Crippen LogP contribution in [0.2, 0.25) is 0 Å². The summed E-state index contributed by atoms with van der Waals surface area (Å²) in [5.41, 5.74) is 0. The molecule has 0 saturated carbocycles. The Kier molecular flexibility index (Phi) is 3.48. The average molecular weight is 129 g/mol. The van der Waals surface area contributed by atoms with Crippen LogP contribution in [0, 0.1) is 0 Å².